The molecule has 16 heterocycles. The van der Waals surface area contributed by atoms with Crippen molar-refractivity contribution >= 4 is 5.97 Å². The maximum absolute atomic E-state index is 14.6. The van der Waals surface area contributed by atoms with Crippen molar-refractivity contribution in [1.29, 1.82) is 0 Å². The van der Waals surface area contributed by atoms with E-state index in [0.29, 0.717) is 64.2 Å². The van der Waals surface area contributed by atoms with E-state index in [9.17, 15) is 9.90 Å². The molecule has 16 fully saturated rings. The Kier molecular flexibility index (Phi) is 12.8. The van der Waals surface area contributed by atoms with Gasteiger partial charge in [0.05, 0.1) is 116 Å². The number of hydrogen-bond acceptors (Lipinski definition) is 18. The molecular weight excluding hydrogens is 983 g/mol. The first-order chi connectivity index (χ1) is 36.6. The molecule has 12 bridgehead atoms. The van der Waals surface area contributed by atoms with E-state index >= 15 is 0 Å². The van der Waals surface area contributed by atoms with Crippen LogP contribution in [0.1, 0.15) is 137 Å². The maximum atomic E-state index is 14.6. The van der Waals surface area contributed by atoms with E-state index in [1.54, 1.807) is 0 Å². The second kappa shape index (κ2) is 18.9. The van der Waals surface area contributed by atoms with Crippen LogP contribution < -0.4 is 5.73 Å². The van der Waals surface area contributed by atoms with Gasteiger partial charge in [0, 0.05) is 70.3 Å². The zero-order valence-corrected chi connectivity index (χ0v) is 44.9. The Labute approximate surface area is 446 Å². The number of rotatable bonds is 1. The molecule has 16 aliphatic heterocycles. The molecule has 18 nitrogen and oxygen atoms in total. The zero-order chi connectivity index (χ0) is 51.7. The van der Waals surface area contributed by atoms with Gasteiger partial charge in [0.15, 0.2) is 17.4 Å². The molecule has 0 aliphatic carbocycles. The fourth-order valence-corrected chi connectivity index (χ4v) is 17.8. The van der Waals surface area contributed by atoms with Crippen LogP contribution in [0, 0.1) is 23.7 Å². The third-order valence-electron chi connectivity index (χ3n) is 21.4. The molecule has 31 atom stereocenters. The van der Waals surface area contributed by atoms with Crippen LogP contribution in [0.15, 0.2) is 24.3 Å². The van der Waals surface area contributed by atoms with Crippen molar-refractivity contribution in [2.75, 3.05) is 6.54 Å². The van der Waals surface area contributed by atoms with E-state index in [4.69, 9.17) is 76.8 Å². The number of hydrogen-bond donors (Lipinski definition) is 2. The number of esters is 1. The molecule has 0 amide bonds. The van der Waals surface area contributed by atoms with Crippen LogP contribution in [0.3, 0.4) is 0 Å². The molecule has 0 aromatic carbocycles. The molecule has 0 radical (unpaired) electrons. The molecule has 3 spiro atoms. The van der Waals surface area contributed by atoms with E-state index in [2.05, 4.69) is 40.9 Å². The summed E-state index contributed by atoms with van der Waals surface area (Å²) in [4.78, 5) is 14.6. The summed E-state index contributed by atoms with van der Waals surface area (Å²) in [6.45, 7) is 18.2. The number of aliphatic hydroxyl groups excluding tert-OH is 1. The Bertz CT molecular complexity index is 2270. The lowest BCUT2D eigenvalue weighted by Gasteiger charge is -2.54. The largest absolute Gasteiger partial charge is 0.459 e. The van der Waals surface area contributed by atoms with Gasteiger partial charge in [0.1, 0.15) is 36.6 Å². The van der Waals surface area contributed by atoms with E-state index < -0.39 is 54.0 Å². The highest BCUT2D eigenvalue weighted by Gasteiger charge is 2.70. The molecule has 0 aromatic heterocycles. The molecule has 16 saturated heterocycles. The number of aliphatic hydroxyl groups is 1. The predicted molar refractivity (Wildman–Crippen MR) is 265 cm³/mol. The third-order valence-corrected chi connectivity index (χ3v) is 21.4. The predicted octanol–water partition coefficient (Wildman–Crippen LogP) is 5.14. The van der Waals surface area contributed by atoms with Crippen molar-refractivity contribution in [2.45, 2.75) is 301 Å². The lowest BCUT2D eigenvalue weighted by atomic mass is 9.78. The molecule has 3 N–H and O–H groups in total. The average Bonchev–Trinajstić information content (AvgIpc) is 4.36. The Balaban J connectivity index is 0.669. The topological polar surface area (TPSA) is 202 Å². The van der Waals surface area contributed by atoms with Crippen molar-refractivity contribution < 1.29 is 81.0 Å². The summed E-state index contributed by atoms with van der Waals surface area (Å²) in [5.74, 6) is -2.57. The maximum Gasteiger partial charge on any atom is 0.308 e. The van der Waals surface area contributed by atoms with Crippen molar-refractivity contribution in [3.63, 3.8) is 0 Å². The molecule has 16 aliphatic rings. The highest BCUT2D eigenvalue weighted by Crippen LogP contribution is 2.57. The number of nitrogens with two attached hydrogens (primary N) is 1. The number of fused-ring (bicyclic) bond motifs is 10. The van der Waals surface area contributed by atoms with Gasteiger partial charge in [-0.3, -0.25) is 4.79 Å². The van der Waals surface area contributed by atoms with Crippen LogP contribution in [-0.2, 0) is 75.8 Å². The van der Waals surface area contributed by atoms with Crippen molar-refractivity contribution in [3.05, 3.63) is 24.3 Å². The third kappa shape index (κ3) is 8.56. The lowest BCUT2D eigenvalue weighted by molar-refractivity contribution is -0.370. The van der Waals surface area contributed by atoms with Gasteiger partial charge >= 0.3 is 5.97 Å². The highest BCUT2D eigenvalue weighted by molar-refractivity contribution is 5.70. The van der Waals surface area contributed by atoms with Crippen molar-refractivity contribution in [3.8, 4) is 0 Å². The van der Waals surface area contributed by atoms with E-state index in [-0.39, 0.29) is 152 Å². The number of carbonyl (C=O) groups excluding carboxylic acids is 1. The Hall–Kier alpha value is -1.69. The Morgan fingerprint density at radius 2 is 1.17 bits per heavy atom. The second-order valence-electron chi connectivity index (χ2n) is 26.7. The van der Waals surface area contributed by atoms with Gasteiger partial charge in [0.2, 0.25) is 0 Å². The average molecular weight is 1070 g/mol. The summed E-state index contributed by atoms with van der Waals surface area (Å²) in [5, 5.41) is 10.9. The van der Waals surface area contributed by atoms with Crippen LogP contribution in [0.5, 0.6) is 0 Å². The Morgan fingerprint density at radius 3 is 2.03 bits per heavy atom. The minimum Gasteiger partial charge on any atom is -0.459 e. The summed E-state index contributed by atoms with van der Waals surface area (Å²) in [5.41, 5.74) is 8.12. The van der Waals surface area contributed by atoms with Crippen molar-refractivity contribution in [1.82, 2.24) is 0 Å². The van der Waals surface area contributed by atoms with E-state index in [1.165, 1.54) is 0 Å². The van der Waals surface area contributed by atoms with Gasteiger partial charge in [-0.15, -0.1) is 0 Å². The van der Waals surface area contributed by atoms with Gasteiger partial charge in [-0.1, -0.05) is 40.9 Å². The second-order valence-corrected chi connectivity index (χ2v) is 26.7. The molecule has 76 heavy (non-hydrogen) atoms. The van der Waals surface area contributed by atoms with Crippen LogP contribution in [0.2, 0.25) is 0 Å². The van der Waals surface area contributed by atoms with Crippen LogP contribution in [0.4, 0.5) is 0 Å². The lowest BCUT2D eigenvalue weighted by Crippen LogP contribution is -2.63. The first-order valence-corrected chi connectivity index (χ1v) is 29.8. The first kappa shape index (κ1) is 51.2. The number of carbonyl (C=O) groups is 1. The summed E-state index contributed by atoms with van der Waals surface area (Å²) < 4.78 is 103. The molecule has 16 rings (SSSR count). The van der Waals surface area contributed by atoms with Crippen LogP contribution in [0.25, 0.3) is 0 Å². The summed E-state index contributed by atoms with van der Waals surface area (Å²) in [6.07, 6.45) is 4.05. The van der Waals surface area contributed by atoms with E-state index in [0.717, 1.165) is 49.7 Å². The summed E-state index contributed by atoms with van der Waals surface area (Å²) >= 11 is 0. The zero-order valence-electron chi connectivity index (χ0n) is 44.9. The number of ether oxygens (including phenoxy) is 15. The molecule has 0 saturated carbocycles. The highest BCUT2D eigenvalue weighted by atomic mass is 16.8. The molecule has 1 unspecified atom stereocenters. The van der Waals surface area contributed by atoms with Crippen LogP contribution >= 0.6 is 0 Å². The van der Waals surface area contributed by atoms with Crippen LogP contribution in [-0.4, -0.2) is 181 Å². The van der Waals surface area contributed by atoms with Gasteiger partial charge in [0.25, 0.3) is 0 Å². The Morgan fingerprint density at radius 1 is 0.500 bits per heavy atom. The van der Waals surface area contributed by atoms with Gasteiger partial charge in [-0.2, -0.15) is 0 Å². The molecule has 18 heteroatoms. The van der Waals surface area contributed by atoms with Crippen molar-refractivity contribution in [2.24, 2.45) is 29.4 Å². The van der Waals surface area contributed by atoms with Gasteiger partial charge < -0.3 is 81.9 Å². The first-order valence-electron chi connectivity index (χ1n) is 29.8. The van der Waals surface area contributed by atoms with Gasteiger partial charge in [-0.25, -0.2) is 0 Å². The minimum atomic E-state index is -0.897. The standard InChI is InChI=1S/C58H83NO17/c1-25-13-31-7-9-35-26(2)14-33(62-35)11-12-56-22-43-52(75-56)53-54(68-43)55(76-56)51-36(66-53)10-8-32(64-51)15-46(61)70-50-30(6)49-40(65-39(50)17-37(63-31)29(25)5)18-38-42(67-49)21-58(71-38)23-44-48(74-58)28(4)20-57(73-44)19-27(3)47-41(72-57)16-34(60)45(24-59)69-47/h25,27-28,30-45,47-55,60H,2,5,7-24,59H2,1,3-4,6H3/t25-,27+,28+,30-,31-,32-,33-,34-,35-,36+,37-,38-,39+,40+,41+,42-,43+,44-,45-,47+,48+,49+,50-,51+,52+,53+,54-,55+,56-,57-,58?/m1/s1. The summed E-state index contributed by atoms with van der Waals surface area (Å²) in [6, 6.07) is 0. The fourth-order valence-electron chi connectivity index (χ4n) is 17.8. The summed E-state index contributed by atoms with van der Waals surface area (Å²) in [7, 11) is 0. The minimum absolute atomic E-state index is 0.00857. The molecule has 422 valence electrons. The SMILES string of the molecule is C=C1C[C@H]2CC[C@]34C[C@@H]5O[C@@H]6[C@@H](O[C@H]7CC[C@H](CC(=O)O[C@@H]8[C@H](C)[C@@H]9O[C@@H]%10CC%11(C[C@H]%12O[C@]%13(C[C@H](C)[C@@H]%14O[C@H](CN)[C@H](O)C[C@@H]%14O%13)C[C@H](C)[C@@H]%12O%11)O[C@@H]%10C[C@@H]9O[C@H]8C[C@H]8O[C@H](CC[C@H]1O2)C[C@@H](C)C8=C)O[C@@H]7[C@@H]6O3)[C@H]5O4. The molecular formula is C58H83NO17. The fraction of sp³-hybridized carbons (Fsp3) is 0.914. The normalized spacial score (nSPS) is 59.3. The monoisotopic (exact) mass is 1070 g/mol. The van der Waals surface area contributed by atoms with Gasteiger partial charge in [-0.05, 0) is 73.8 Å². The quantitative estimate of drug-likeness (QED) is 0.258. The smallest absolute Gasteiger partial charge is 0.308 e. The van der Waals surface area contributed by atoms with E-state index in [1.807, 2.05) is 0 Å². The molecule has 0 aromatic rings.